The van der Waals surface area contributed by atoms with Gasteiger partial charge in [0.1, 0.15) is 5.00 Å². The zero-order valence-electron chi connectivity index (χ0n) is 16.7. The van der Waals surface area contributed by atoms with E-state index < -0.39 is 0 Å². The molecule has 3 saturated heterocycles. The van der Waals surface area contributed by atoms with Crippen molar-refractivity contribution in [2.45, 2.75) is 25.7 Å². The Morgan fingerprint density at radius 1 is 0.750 bits per heavy atom. The van der Waals surface area contributed by atoms with Crippen molar-refractivity contribution in [2.75, 3.05) is 78.7 Å². The lowest BCUT2D eigenvalue weighted by Gasteiger charge is -2.34. The molecule has 28 heavy (non-hydrogen) atoms. The molecule has 6 heteroatoms. The quantitative estimate of drug-likeness (QED) is 0.720. The first-order valence-corrected chi connectivity index (χ1v) is 12.8. The minimum absolute atomic E-state index is 0.846. The molecule has 0 spiro atoms. The summed E-state index contributed by atoms with van der Waals surface area (Å²) in [6.45, 7) is 8.46. The Labute approximate surface area is 176 Å². The van der Waals surface area contributed by atoms with Crippen LogP contribution >= 0.6 is 23.1 Å². The highest BCUT2D eigenvalue weighted by Gasteiger charge is 2.27. The van der Waals surface area contributed by atoms with Crippen molar-refractivity contribution in [3.63, 3.8) is 0 Å². The zero-order valence-corrected chi connectivity index (χ0v) is 18.3. The van der Waals surface area contributed by atoms with Gasteiger partial charge in [-0.05, 0) is 25.0 Å². The average molecular weight is 418 g/mol. The molecule has 0 bridgehead atoms. The summed E-state index contributed by atoms with van der Waals surface area (Å²) in [5.74, 6) is 2.49. The Hall–Kier alpha value is -1.11. The number of anilines is 3. The Morgan fingerprint density at radius 2 is 1.50 bits per heavy atom. The highest BCUT2D eigenvalue weighted by molar-refractivity contribution is 7.99. The summed E-state index contributed by atoms with van der Waals surface area (Å²) in [6.07, 6.45) is 5.40. The third-order valence-electron chi connectivity index (χ3n) is 6.22. The van der Waals surface area contributed by atoms with Crippen molar-refractivity contribution in [1.82, 2.24) is 0 Å². The number of benzene rings is 1. The largest absolute Gasteiger partial charge is 0.378 e. The Bertz CT molecular complexity index is 788. The molecule has 3 fully saturated rings. The molecule has 0 radical (unpaired) electrons. The molecule has 4 nitrogen and oxygen atoms in total. The molecule has 1 aromatic heterocycles. The van der Waals surface area contributed by atoms with Crippen molar-refractivity contribution in [1.29, 1.82) is 0 Å². The van der Waals surface area contributed by atoms with E-state index >= 15 is 0 Å². The standard InChI is InChI=1S/C22H31N3OS2/c1-2-4-9-23(8-3-1)18-6-5-7-19-20(18)21(24-10-14-26-15-11-24)22(28-19)25-12-16-27-17-13-25/h5-7H,1-4,8-17H2. The summed E-state index contributed by atoms with van der Waals surface area (Å²) < 4.78 is 7.15. The minimum atomic E-state index is 0.846. The third-order valence-corrected chi connectivity index (χ3v) is 8.37. The molecule has 0 atom stereocenters. The third kappa shape index (κ3) is 3.71. The van der Waals surface area contributed by atoms with Crippen molar-refractivity contribution >= 4 is 49.6 Å². The van der Waals surface area contributed by atoms with Crippen molar-refractivity contribution in [3.8, 4) is 0 Å². The number of morpholine rings is 1. The van der Waals surface area contributed by atoms with Gasteiger partial charge in [-0.2, -0.15) is 11.8 Å². The van der Waals surface area contributed by atoms with Crippen LogP contribution in [0.2, 0.25) is 0 Å². The van der Waals surface area contributed by atoms with E-state index in [0.29, 0.717) is 0 Å². The van der Waals surface area contributed by atoms with E-state index in [-0.39, 0.29) is 0 Å². The Morgan fingerprint density at radius 3 is 2.25 bits per heavy atom. The van der Waals surface area contributed by atoms with Gasteiger partial charge in [-0.25, -0.2) is 0 Å². The van der Waals surface area contributed by atoms with Crippen LogP contribution in [-0.2, 0) is 4.74 Å². The van der Waals surface area contributed by atoms with Gasteiger partial charge in [-0.3, -0.25) is 0 Å². The van der Waals surface area contributed by atoms with Gasteiger partial charge >= 0.3 is 0 Å². The van der Waals surface area contributed by atoms with E-state index in [1.807, 2.05) is 11.3 Å². The number of rotatable bonds is 3. The van der Waals surface area contributed by atoms with Gasteiger partial charge in [0.2, 0.25) is 0 Å². The summed E-state index contributed by atoms with van der Waals surface area (Å²) >= 11 is 4.11. The number of ether oxygens (including phenoxy) is 1. The lowest BCUT2D eigenvalue weighted by atomic mass is 10.1. The van der Waals surface area contributed by atoms with Crippen LogP contribution in [0.5, 0.6) is 0 Å². The van der Waals surface area contributed by atoms with Gasteiger partial charge < -0.3 is 19.4 Å². The second-order valence-electron chi connectivity index (χ2n) is 8.01. The van der Waals surface area contributed by atoms with Crippen LogP contribution in [-0.4, -0.2) is 64.0 Å². The zero-order chi connectivity index (χ0) is 18.8. The van der Waals surface area contributed by atoms with Gasteiger partial charge in [0.25, 0.3) is 0 Å². The monoisotopic (exact) mass is 417 g/mol. The van der Waals surface area contributed by atoms with Crippen molar-refractivity contribution < 1.29 is 4.74 Å². The molecule has 152 valence electrons. The maximum absolute atomic E-state index is 5.69. The average Bonchev–Trinajstić information content (AvgIpc) is 2.95. The molecule has 3 aliphatic rings. The van der Waals surface area contributed by atoms with Crippen LogP contribution in [0.25, 0.3) is 10.1 Å². The van der Waals surface area contributed by atoms with Crippen molar-refractivity contribution in [3.05, 3.63) is 18.2 Å². The normalized spacial score (nSPS) is 21.9. The predicted molar refractivity (Wildman–Crippen MR) is 125 cm³/mol. The molecule has 4 heterocycles. The molecule has 3 aliphatic heterocycles. The molecule has 0 N–H and O–H groups in total. The van der Waals surface area contributed by atoms with Gasteiger partial charge in [0.15, 0.2) is 0 Å². The summed E-state index contributed by atoms with van der Waals surface area (Å²) in [5.41, 5.74) is 2.96. The fourth-order valence-corrected chi connectivity index (χ4v) is 6.94. The first kappa shape index (κ1) is 18.9. The first-order chi connectivity index (χ1) is 13.9. The molecule has 2 aromatic rings. The molecule has 5 rings (SSSR count). The van der Waals surface area contributed by atoms with E-state index in [0.717, 1.165) is 26.3 Å². The molecule has 0 unspecified atom stereocenters. The van der Waals surface area contributed by atoms with E-state index in [2.05, 4.69) is 44.7 Å². The second kappa shape index (κ2) is 8.72. The fourth-order valence-electron chi connectivity index (χ4n) is 4.74. The smallest absolute Gasteiger partial charge is 0.116 e. The van der Waals surface area contributed by atoms with Gasteiger partial charge in [-0.1, -0.05) is 18.9 Å². The molecular formula is C22H31N3OS2. The minimum Gasteiger partial charge on any atom is -0.378 e. The first-order valence-electron chi connectivity index (χ1n) is 10.9. The molecule has 1 aromatic carbocycles. The summed E-state index contributed by atoms with van der Waals surface area (Å²) in [6, 6.07) is 6.99. The molecule has 0 saturated carbocycles. The SMILES string of the molecule is c1cc(N2CCCCCC2)c2c(N3CCOCC3)c(N3CCSCC3)sc2c1. The van der Waals surface area contributed by atoms with Gasteiger partial charge in [0, 0.05) is 66.5 Å². The number of thiophene rings is 1. The Kier molecular flexibility index (Phi) is 5.88. The number of thioether (sulfide) groups is 1. The van der Waals surface area contributed by atoms with Crippen LogP contribution in [0.1, 0.15) is 25.7 Å². The summed E-state index contributed by atoms with van der Waals surface area (Å²) in [4.78, 5) is 7.93. The van der Waals surface area contributed by atoms with E-state index in [1.54, 1.807) is 0 Å². The summed E-state index contributed by atoms with van der Waals surface area (Å²) in [5, 5.41) is 3.00. The number of nitrogens with zero attached hydrogens (tertiary/aromatic N) is 3. The van der Waals surface area contributed by atoms with E-state index in [4.69, 9.17) is 4.74 Å². The lowest BCUT2D eigenvalue weighted by molar-refractivity contribution is 0.123. The fraction of sp³-hybridized carbons (Fsp3) is 0.636. The highest BCUT2D eigenvalue weighted by Crippen LogP contribution is 2.49. The van der Waals surface area contributed by atoms with Crippen LogP contribution in [0.3, 0.4) is 0 Å². The maximum Gasteiger partial charge on any atom is 0.116 e. The topological polar surface area (TPSA) is 19.0 Å². The Balaban J connectivity index is 1.63. The molecular weight excluding hydrogens is 386 g/mol. The van der Waals surface area contributed by atoms with Crippen LogP contribution in [0.15, 0.2) is 18.2 Å². The van der Waals surface area contributed by atoms with Gasteiger partial charge in [0.05, 0.1) is 18.9 Å². The summed E-state index contributed by atoms with van der Waals surface area (Å²) in [7, 11) is 0. The van der Waals surface area contributed by atoms with Gasteiger partial charge in [-0.15, -0.1) is 11.3 Å². The number of hydrogen-bond donors (Lipinski definition) is 0. The van der Waals surface area contributed by atoms with Crippen molar-refractivity contribution in [2.24, 2.45) is 0 Å². The molecule has 0 aliphatic carbocycles. The maximum atomic E-state index is 5.69. The lowest BCUT2D eigenvalue weighted by Crippen LogP contribution is -2.38. The second-order valence-corrected chi connectivity index (χ2v) is 10.3. The van der Waals surface area contributed by atoms with E-state index in [1.165, 1.54) is 89.8 Å². The predicted octanol–water partition coefficient (Wildman–Crippen LogP) is 4.67. The highest BCUT2D eigenvalue weighted by atomic mass is 32.2. The molecule has 0 amide bonds. The van der Waals surface area contributed by atoms with Crippen LogP contribution < -0.4 is 14.7 Å². The van der Waals surface area contributed by atoms with E-state index in [9.17, 15) is 0 Å². The van der Waals surface area contributed by atoms with Crippen LogP contribution in [0, 0.1) is 0 Å². The van der Waals surface area contributed by atoms with Crippen LogP contribution in [0.4, 0.5) is 16.4 Å². The number of fused-ring (bicyclic) bond motifs is 1. The number of hydrogen-bond acceptors (Lipinski definition) is 6.